The first-order valence-corrected chi connectivity index (χ1v) is 7.46. The van der Waals surface area contributed by atoms with Gasteiger partial charge in [0, 0.05) is 18.8 Å². The molecular formula is C18H24N2O. The van der Waals surface area contributed by atoms with Crippen molar-refractivity contribution in [1.82, 2.24) is 4.90 Å². The summed E-state index contributed by atoms with van der Waals surface area (Å²) in [6, 6.07) is 16.2. The minimum atomic E-state index is 0.0995. The highest BCUT2D eigenvalue weighted by atomic mass is 16.3. The molecule has 0 saturated carbocycles. The summed E-state index contributed by atoms with van der Waals surface area (Å²) in [5.74, 6) is 0. The normalized spacial score (nSPS) is 11.0. The number of aliphatic hydroxyl groups excluding tert-OH is 1. The minimum Gasteiger partial charge on any atom is -0.399 e. The summed E-state index contributed by atoms with van der Waals surface area (Å²) < 4.78 is 0. The van der Waals surface area contributed by atoms with Gasteiger partial charge in [-0.05, 0) is 41.8 Å². The number of nitrogens with zero attached hydrogens (tertiary/aromatic N) is 1. The van der Waals surface area contributed by atoms with Crippen molar-refractivity contribution in [1.29, 1.82) is 0 Å². The van der Waals surface area contributed by atoms with Crippen molar-refractivity contribution in [2.75, 3.05) is 12.3 Å². The van der Waals surface area contributed by atoms with Gasteiger partial charge in [0.1, 0.15) is 0 Å². The topological polar surface area (TPSA) is 49.5 Å². The largest absolute Gasteiger partial charge is 0.399 e. The summed E-state index contributed by atoms with van der Waals surface area (Å²) in [6.07, 6.45) is 1.12. The fraction of sp³-hybridized carbons (Fsp3) is 0.333. The van der Waals surface area contributed by atoms with E-state index in [0.29, 0.717) is 0 Å². The molecule has 0 amide bonds. The molecule has 0 unspecified atom stereocenters. The molecule has 3 N–H and O–H groups in total. The molecule has 3 heteroatoms. The maximum absolute atomic E-state index is 9.09. The number of benzene rings is 2. The lowest BCUT2D eigenvalue weighted by atomic mass is 10.1. The van der Waals surface area contributed by atoms with Gasteiger partial charge in [-0.2, -0.15) is 0 Å². The molecule has 0 spiro atoms. The number of hydrogen-bond donors (Lipinski definition) is 2. The van der Waals surface area contributed by atoms with E-state index in [2.05, 4.69) is 30.0 Å². The third-order valence-electron chi connectivity index (χ3n) is 3.51. The van der Waals surface area contributed by atoms with Gasteiger partial charge in [-0.15, -0.1) is 0 Å². The van der Waals surface area contributed by atoms with Gasteiger partial charge in [0.2, 0.25) is 0 Å². The van der Waals surface area contributed by atoms with Crippen molar-refractivity contribution >= 4 is 5.69 Å². The quantitative estimate of drug-likeness (QED) is 0.768. The fourth-order valence-corrected chi connectivity index (χ4v) is 2.49. The molecule has 0 heterocycles. The highest BCUT2D eigenvalue weighted by molar-refractivity contribution is 5.40. The zero-order valence-corrected chi connectivity index (χ0v) is 12.6. The van der Waals surface area contributed by atoms with Gasteiger partial charge >= 0.3 is 0 Å². The maximum atomic E-state index is 9.09. The Hall–Kier alpha value is -1.84. The molecule has 0 radical (unpaired) electrons. The highest BCUT2D eigenvalue weighted by Crippen LogP contribution is 2.13. The molecule has 2 aromatic rings. The van der Waals surface area contributed by atoms with Crippen molar-refractivity contribution in [2.45, 2.75) is 33.0 Å². The second-order valence-corrected chi connectivity index (χ2v) is 5.43. The molecule has 112 valence electrons. The van der Waals surface area contributed by atoms with Gasteiger partial charge < -0.3 is 10.8 Å². The van der Waals surface area contributed by atoms with Crippen molar-refractivity contribution in [3.05, 3.63) is 65.2 Å². The lowest BCUT2D eigenvalue weighted by Crippen LogP contribution is -2.23. The van der Waals surface area contributed by atoms with Crippen LogP contribution in [0.2, 0.25) is 0 Å². The number of rotatable bonds is 7. The average molecular weight is 284 g/mol. The van der Waals surface area contributed by atoms with Crippen LogP contribution in [-0.4, -0.2) is 16.6 Å². The fourth-order valence-electron chi connectivity index (χ4n) is 2.49. The van der Waals surface area contributed by atoms with Crippen LogP contribution in [0.25, 0.3) is 0 Å². The highest BCUT2D eigenvalue weighted by Gasteiger charge is 2.06. The van der Waals surface area contributed by atoms with Crippen molar-refractivity contribution in [3.63, 3.8) is 0 Å². The van der Waals surface area contributed by atoms with Crippen LogP contribution in [0.15, 0.2) is 48.5 Å². The van der Waals surface area contributed by atoms with E-state index in [4.69, 9.17) is 10.8 Å². The van der Waals surface area contributed by atoms with E-state index in [9.17, 15) is 0 Å². The van der Waals surface area contributed by atoms with Gasteiger partial charge in [0.05, 0.1) is 6.61 Å². The standard InChI is InChI=1S/C18H24N2O/c1-2-10-20(13-17-4-3-5-18(19)11-17)12-15-6-8-16(14-21)9-7-15/h3-9,11,21H,2,10,12-14,19H2,1H3. The van der Waals surface area contributed by atoms with Crippen LogP contribution in [0.5, 0.6) is 0 Å². The van der Waals surface area contributed by atoms with Gasteiger partial charge in [-0.3, -0.25) is 4.90 Å². The monoisotopic (exact) mass is 284 g/mol. The molecule has 0 fully saturated rings. The van der Waals surface area contributed by atoms with Crippen LogP contribution in [0, 0.1) is 0 Å². The lowest BCUT2D eigenvalue weighted by molar-refractivity contribution is 0.257. The van der Waals surface area contributed by atoms with Crippen molar-refractivity contribution in [2.24, 2.45) is 0 Å². The summed E-state index contributed by atoms with van der Waals surface area (Å²) in [5.41, 5.74) is 10.1. The summed E-state index contributed by atoms with van der Waals surface area (Å²) in [7, 11) is 0. The first-order valence-electron chi connectivity index (χ1n) is 7.46. The number of aliphatic hydroxyl groups is 1. The van der Waals surface area contributed by atoms with Crippen LogP contribution in [-0.2, 0) is 19.7 Å². The maximum Gasteiger partial charge on any atom is 0.0681 e. The predicted octanol–water partition coefficient (Wildman–Crippen LogP) is 3.17. The molecule has 3 nitrogen and oxygen atoms in total. The number of hydrogen-bond acceptors (Lipinski definition) is 3. The Labute approximate surface area is 127 Å². The molecular weight excluding hydrogens is 260 g/mol. The Morgan fingerprint density at radius 2 is 1.62 bits per heavy atom. The average Bonchev–Trinajstić information content (AvgIpc) is 2.48. The zero-order chi connectivity index (χ0) is 15.1. The molecule has 0 aliphatic heterocycles. The van der Waals surface area contributed by atoms with Gasteiger partial charge in [0.15, 0.2) is 0 Å². The van der Waals surface area contributed by atoms with Crippen LogP contribution >= 0.6 is 0 Å². The molecule has 0 aromatic heterocycles. The Bertz CT molecular complexity index is 551. The molecule has 2 rings (SSSR count). The van der Waals surface area contributed by atoms with E-state index in [-0.39, 0.29) is 6.61 Å². The lowest BCUT2D eigenvalue weighted by Gasteiger charge is -2.22. The van der Waals surface area contributed by atoms with Gasteiger partial charge in [0.25, 0.3) is 0 Å². The second kappa shape index (κ2) is 7.81. The summed E-state index contributed by atoms with van der Waals surface area (Å²) in [4.78, 5) is 2.42. The molecule has 0 saturated heterocycles. The smallest absolute Gasteiger partial charge is 0.0681 e. The number of anilines is 1. The minimum absolute atomic E-state index is 0.0995. The predicted molar refractivity (Wildman–Crippen MR) is 87.6 cm³/mol. The second-order valence-electron chi connectivity index (χ2n) is 5.43. The summed E-state index contributed by atoms with van der Waals surface area (Å²) in [6.45, 7) is 5.16. The van der Waals surface area contributed by atoms with Crippen molar-refractivity contribution in [3.8, 4) is 0 Å². The third-order valence-corrected chi connectivity index (χ3v) is 3.51. The molecule has 0 bridgehead atoms. The molecule has 0 aliphatic rings. The Balaban J connectivity index is 2.04. The molecule has 2 aromatic carbocycles. The van der Waals surface area contributed by atoms with Crippen LogP contribution < -0.4 is 5.73 Å². The van der Waals surface area contributed by atoms with Gasteiger partial charge in [-0.1, -0.05) is 43.3 Å². The SMILES string of the molecule is CCCN(Cc1ccc(CO)cc1)Cc1cccc(N)c1. The summed E-state index contributed by atoms with van der Waals surface area (Å²) >= 11 is 0. The first-order chi connectivity index (χ1) is 10.2. The molecule has 0 aliphatic carbocycles. The van der Waals surface area contributed by atoms with Crippen molar-refractivity contribution < 1.29 is 5.11 Å². The third kappa shape index (κ3) is 4.88. The van der Waals surface area contributed by atoms with Gasteiger partial charge in [-0.25, -0.2) is 0 Å². The van der Waals surface area contributed by atoms with E-state index in [0.717, 1.165) is 37.3 Å². The molecule has 0 atom stereocenters. The Kier molecular flexibility index (Phi) is 5.78. The Morgan fingerprint density at radius 3 is 2.24 bits per heavy atom. The van der Waals surface area contributed by atoms with Crippen LogP contribution in [0.3, 0.4) is 0 Å². The van der Waals surface area contributed by atoms with Crippen LogP contribution in [0.4, 0.5) is 5.69 Å². The van der Waals surface area contributed by atoms with E-state index in [1.807, 2.05) is 30.3 Å². The first kappa shape index (κ1) is 15.5. The van der Waals surface area contributed by atoms with Crippen LogP contribution in [0.1, 0.15) is 30.0 Å². The number of nitrogens with two attached hydrogens (primary N) is 1. The summed E-state index contributed by atoms with van der Waals surface area (Å²) in [5, 5.41) is 9.09. The van der Waals surface area contributed by atoms with E-state index < -0.39 is 0 Å². The van der Waals surface area contributed by atoms with E-state index >= 15 is 0 Å². The van der Waals surface area contributed by atoms with E-state index in [1.165, 1.54) is 11.1 Å². The zero-order valence-electron chi connectivity index (χ0n) is 12.6. The van der Waals surface area contributed by atoms with E-state index in [1.54, 1.807) is 0 Å². The molecule has 21 heavy (non-hydrogen) atoms. The number of nitrogen functional groups attached to an aromatic ring is 1. The Morgan fingerprint density at radius 1 is 0.952 bits per heavy atom.